The van der Waals surface area contributed by atoms with Crippen LogP contribution in [0.15, 0.2) is 11.6 Å². The molecular weight excluding hydrogens is 220 g/mol. The number of nitrogens with one attached hydrogen (secondary N) is 2. The molecule has 2 saturated heterocycles. The molecule has 3 heterocycles. The second-order valence-electron chi connectivity index (χ2n) is 4.55. The molecule has 2 aliphatic heterocycles. The summed E-state index contributed by atoms with van der Waals surface area (Å²) >= 11 is 1.68. The normalized spacial score (nSPS) is 30.2. The molecule has 2 unspecified atom stereocenters. The van der Waals surface area contributed by atoms with Crippen molar-refractivity contribution >= 4 is 16.5 Å². The highest BCUT2D eigenvalue weighted by atomic mass is 32.1. The van der Waals surface area contributed by atoms with Crippen molar-refractivity contribution in [1.29, 1.82) is 0 Å². The Morgan fingerprint density at radius 3 is 3.44 bits per heavy atom. The van der Waals surface area contributed by atoms with Gasteiger partial charge in [0.25, 0.3) is 0 Å². The lowest BCUT2D eigenvalue weighted by Crippen LogP contribution is -2.51. The van der Waals surface area contributed by atoms with Gasteiger partial charge in [-0.2, -0.15) is 0 Å². The second-order valence-corrected chi connectivity index (χ2v) is 5.44. The fraction of sp³-hybridized carbons (Fsp3) is 0.727. The molecule has 2 fully saturated rings. The highest BCUT2D eigenvalue weighted by molar-refractivity contribution is 7.13. The maximum atomic E-state index is 4.26. The monoisotopic (exact) mass is 238 g/mol. The summed E-state index contributed by atoms with van der Waals surface area (Å²) in [6.07, 6.45) is 4.53. The van der Waals surface area contributed by atoms with Crippen molar-refractivity contribution in [2.75, 3.05) is 31.5 Å². The van der Waals surface area contributed by atoms with E-state index in [9.17, 15) is 0 Å². The van der Waals surface area contributed by atoms with Crippen molar-refractivity contribution in [3.63, 3.8) is 0 Å². The molecule has 0 spiro atoms. The van der Waals surface area contributed by atoms with Crippen molar-refractivity contribution in [3.8, 4) is 0 Å². The number of hydrogen-bond donors (Lipinski definition) is 2. The number of fused-ring (bicyclic) bond motifs is 1. The predicted molar refractivity (Wildman–Crippen MR) is 67.0 cm³/mol. The van der Waals surface area contributed by atoms with Crippen molar-refractivity contribution in [2.45, 2.75) is 24.9 Å². The summed E-state index contributed by atoms with van der Waals surface area (Å²) in [5.74, 6) is 0. The van der Waals surface area contributed by atoms with Gasteiger partial charge in [-0.1, -0.05) is 0 Å². The standard InChI is InChI=1S/C11H18N4S/c1-2-10(8-14-11-13-4-6-16-11)15-5-3-12-7-9(1)15/h4,6,9-10,12H,1-3,5,7-8H2,(H,13,14). The van der Waals surface area contributed by atoms with Crippen LogP contribution >= 0.6 is 11.3 Å². The molecule has 3 rings (SSSR count). The van der Waals surface area contributed by atoms with Crippen molar-refractivity contribution < 1.29 is 0 Å². The Labute approximate surface area is 100 Å². The molecule has 0 saturated carbocycles. The van der Waals surface area contributed by atoms with E-state index < -0.39 is 0 Å². The minimum Gasteiger partial charge on any atom is -0.360 e. The third-order valence-electron chi connectivity index (χ3n) is 3.62. The fourth-order valence-electron chi connectivity index (χ4n) is 2.81. The van der Waals surface area contributed by atoms with Crippen LogP contribution in [0.3, 0.4) is 0 Å². The second kappa shape index (κ2) is 4.69. The Hall–Kier alpha value is -0.650. The van der Waals surface area contributed by atoms with Crippen LogP contribution in [0.4, 0.5) is 5.13 Å². The Morgan fingerprint density at radius 2 is 2.56 bits per heavy atom. The summed E-state index contributed by atoms with van der Waals surface area (Å²) in [5, 5.41) is 9.99. The molecule has 1 aromatic heterocycles. The van der Waals surface area contributed by atoms with E-state index >= 15 is 0 Å². The molecule has 0 aliphatic carbocycles. The van der Waals surface area contributed by atoms with E-state index in [2.05, 4.69) is 20.5 Å². The Kier molecular flexibility index (Phi) is 3.08. The number of nitrogens with zero attached hydrogens (tertiary/aromatic N) is 2. The zero-order chi connectivity index (χ0) is 10.8. The van der Waals surface area contributed by atoms with E-state index in [-0.39, 0.29) is 0 Å². The fourth-order valence-corrected chi connectivity index (χ4v) is 3.35. The number of thiazole rings is 1. The summed E-state index contributed by atoms with van der Waals surface area (Å²) in [5.41, 5.74) is 0. The van der Waals surface area contributed by atoms with Gasteiger partial charge in [-0.3, -0.25) is 4.90 Å². The maximum Gasteiger partial charge on any atom is 0.182 e. The van der Waals surface area contributed by atoms with E-state index in [0.717, 1.165) is 24.3 Å². The van der Waals surface area contributed by atoms with Gasteiger partial charge >= 0.3 is 0 Å². The molecule has 2 N–H and O–H groups in total. The molecule has 4 nitrogen and oxygen atoms in total. The zero-order valence-corrected chi connectivity index (χ0v) is 10.2. The minimum absolute atomic E-state index is 0.705. The lowest BCUT2D eigenvalue weighted by atomic mass is 10.2. The predicted octanol–water partition coefficient (Wildman–Crippen LogP) is 0.991. The van der Waals surface area contributed by atoms with Crippen LogP contribution in [0.2, 0.25) is 0 Å². The third-order valence-corrected chi connectivity index (χ3v) is 4.35. The molecule has 16 heavy (non-hydrogen) atoms. The lowest BCUT2D eigenvalue weighted by Gasteiger charge is -2.34. The number of anilines is 1. The van der Waals surface area contributed by atoms with E-state index in [4.69, 9.17) is 0 Å². The number of aromatic nitrogens is 1. The molecule has 2 aliphatic rings. The molecule has 0 aromatic carbocycles. The van der Waals surface area contributed by atoms with E-state index in [1.807, 2.05) is 11.6 Å². The quantitative estimate of drug-likeness (QED) is 0.824. The number of rotatable bonds is 3. The van der Waals surface area contributed by atoms with Crippen LogP contribution in [-0.4, -0.2) is 48.1 Å². The molecular formula is C11H18N4S. The first-order chi connectivity index (χ1) is 7.93. The van der Waals surface area contributed by atoms with Crippen LogP contribution in [0, 0.1) is 0 Å². The SMILES string of the molecule is c1csc(NCC2CCC3CNCCN32)n1. The Morgan fingerprint density at radius 1 is 1.56 bits per heavy atom. The molecule has 88 valence electrons. The molecule has 0 amide bonds. The van der Waals surface area contributed by atoms with Gasteiger partial charge in [0.1, 0.15) is 0 Å². The molecule has 0 radical (unpaired) electrons. The van der Waals surface area contributed by atoms with Crippen LogP contribution in [0.25, 0.3) is 0 Å². The number of hydrogen-bond acceptors (Lipinski definition) is 5. The first-order valence-electron chi connectivity index (χ1n) is 6.03. The van der Waals surface area contributed by atoms with Gasteiger partial charge in [0.2, 0.25) is 0 Å². The van der Waals surface area contributed by atoms with Gasteiger partial charge in [0.15, 0.2) is 5.13 Å². The average Bonchev–Trinajstić information content (AvgIpc) is 2.96. The molecule has 2 atom stereocenters. The van der Waals surface area contributed by atoms with Crippen molar-refractivity contribution in [1.82, 2.24) is 15.2 Å². The highest BCUT2D eigenvalue weighted by Crippen LogP contribution is 2.25. The highest BCUT2D eigenvalue weighted by Gasteiger charge is 2.34. The van der Waals surface area contributed by atoms with Gasteiger partial charge in [-0.05, 0) is 12.8 Å². The maximum absolute atomic E-state index is 4.26. The first-order valence-corrected chi connectivity index (χ1v) is 6.91. The lowest BCUT2D eigenvalue weighted by molar-refractivity contribution is 0.167. The van der Waals surface area contributed by atoms with Gasteiger partial charge < -0.3 is 10.6 Å². The van der Waals surface area contributed by atoms with Gasteiger partial charge in [0.05, 0.1) is 0 Å². The molecule has 5 heteroatoms. The van der Waals surface area contributed by atoms with E-state index in [1.165, 1.54) is 25.9 Å². The number of piperazine rings is 1. The topological polar surface area (TPSA) is 40.2 Å². The van der Waals surface area contributed by atoms with Crippen molar-refractivity contribution in [2.24, 2.45) is 0 Å². The summed E-state index contributed by atoms with van der Waals surface area (Å²) < 4.78 is 0. The summed E-state index contributed by atoms with van der Waals surface area (Å²) in [6, 6.07) is 1.48. The zero-order valence-electron chi connectivity index (χ0n) is 9.35. The van der Waals surface area contributed by atoms with Crippen LogP contribution in [0.1, 0.15) is 12.8 Å². The molecule has 0 bridgehead atoms. The van der Waals surface area contributed by atoms with Gasteiger partial charge in [-0.25, -0.2) is 4.98 Å². The smallest absolute Gasteiger partial charge is 0.182 e. The van der Waals surface area contributed by atoms with Gasteiger partial charge in [-0.15, -0.1) is 11.3 Å². The summed E-state index contributed by atoms with van der Waals surface area (Å²) in [7, 11) is 0. The van der Waals surface area contributed by atoms with E-state index in [0.29, 0.717) is 6.04 Å². The average molecular weight is 238 g/mol. The first kappa shape index (κ1) is 10.5. The van der Waals surface area contributed by atoms with E-state index in [1.54, 1.807) is 11.3 Å². The summed E-state index contributed by atoms with van der Waals surface area (Å²) in [4.78, 5) is 6.92. The third kappa shape index (κ3) is 2.07. The van der Waals surface area contributed by atoms with Crippen LogP contribution in [-0.2, 0) is 0 Å². The largest absolute Gasteiger partial charge is 0.360 e. The van der Waals surface area contributed by atoms with Crippen molar-refractivity contribution in [3.05, 3.63) is 11.6 Å². The minimum atomic E-state index is 0.705. The van der Waals surface area contributed by atoms with Crippen LogP contribution < -0.4 is 10.6 Å². The van der Waals surface area contributed by atoms with Gasteiger partial charge in [0, 0.05) is 49.8 Å². The summed E-state index contributed by atoms with van der Waals surface area (Å²) in [6.45, 7) is 4.57. The Bertz CT molecular complexity index is 327. The van der Waals surface area contributed by atoms with Crippen LogP contribution in [0.5, 0.6) is 0 Å². The Balaban J connectivity index is 1.55. The molecule has 1 aromatic rings.